The topological polar surface area (TPSA) is 65.2 Å². The first-order valence-electron chi connectivity index (χ1n) is 7.61. The van der Waals surface area contributed by atoms with Crippen molar-refractivity contribution in [3.8, 4) is 11.4 Å². The van der Waals surface area contributed by atoms with Crippen LogP contribution < -0.4 is 0 Å². The van der Waals surface area contributed by atoms with E-state index < -0.39 is 23.2 Å². The Morgan fingerprint density at radius 2 is 1.80 bits per heavy atom. The molecule has 1 heterocycles. The Bertz CT molecular complexity index is 871. The molecule has 0 bridgehead atoms. The third-order valence-electron chi connectivity index (χ3n) is 3.58. The van der Waals surface area contributed by atoms with Gasteiger partial charge in [-0.3, -0.25) is 0 Å². The Morgan fingerprint density at radius 1 is 1.12 bits per heavy atom. The van der Waals surface area contributed by atoms with Gasteiger partial charge in [-0.1, -0.05) is 42.4 Å². The molecule has 0 saturated heterocycles. The fraction of sp³-hybridized carbons (Fsp3) is 0.167. The highest BCUT2D eigenvalue weighted by atomic mass is 19.1. The number of halogens is 2. The van der Waals surface area contributed by atoms with Gasteiger partial charge < -0.3 is 9.26 Å². The lowest BCUT2D eigenvalue weighted by Gasteiger charge is -2.04. The van der Waals surface area contributed by atoms with Crippen molar-refractivity contribution in [2.24, 2.45) is 0 Å². The zero-order valence-corrected chi connectivity index (χ0v) is 13.3. The number of esters is 1. The zero-order chi connectivity index (χ0) is 17.8. The number of hydrogen-bond acceptors (Lipinski definition) is 5. The number of nitrogens with zero attached hydrogens (tertiary/aromatic N) is 2. The van der Waals surface area contributed by atoms with Crippen LogP contribution in [0, 0.1) is 11.6 Å². The van der Waals surface area contributed by atoms with Gasteiger partial charge in [-0.25, -0.2) is 13.6 Å². The van der Waals surface area contributed by atoms with Gasteiger partial charge in [-0.05, 0) is 24.1 Å². The fourth-order valence-electron chi connectivity index (χ4n) is 2.21. The van der Waals surface area contributed by atoms with Gasteiger partial charge in [0.2, 0.25) is 5.82 Å². The van der Waals surface area contributed by atoms with Crippen LogP contribution in [0.25, 0.3) is 11.4 Å². The standard InChI is InChI=1S/C18H14F2N2O3/c1-2-11-6-8-12(9-7-11)17-21-15(25-22-17)10-24-18(23)16-13(19)4-3-5-14(16)20/h3-9H,2,10H2,1H3. The number of ether oxygens (including phenoxy) is 1. The molecular weight excluding hydrogens is 330 g/mol. The van der Waals surface area contributed by atoms with Crippen LogP contribution in [0.3, 0.4) is 0 Å². The molecule has 0 saturated carbocycles. The first kappa shape index (κ1) is 16.8. The largest absolute Gasteiger partial charge is 0.452 e. The minimum atomic E-state index is -1.14. The maximum Gasteiger partial charge on any atom is 0.344 e. The molecule has 0 spiro atoms. The number of benzene rings is 2. The molecule has 3 rings (SSSR count). The van der Waals surface area contributed by atoms with Crippen LogP contribution in [0.1, 0.15) is 28.7 Å². The van der Waals surface area contributed by atoms with E-state index in [1.165, 1.54) is 5.56 Å². The van der Waals surface area contributed by atoms with E-state index in [4.69, 9.17) is 9.26 Å². The first-order valence-corrected chi connectivity index (χ1v) is 7.61. The molecule has 2 aromatic carbocycles. The number of hydrogen-bond donors (Lipinski definition) is 0. The molecule has 128 valence electrons. The van der Waals surface area contributed by atoms with Gasteiger partial charge in [0.15, 0.2) is 6.61 Å². The van der Waals surface area contributed by atoms with Crippen LogP contribution in [0.5, 0.6) is 0 Å². The SMILES string of the molecule is CCc1ccc(-c2noc(COC(=O)c3c(F)cccc3F)n2)cc1. The van der Waals surface area contributed by atoms with E-state index in [1.807, 2.05) is 31.2 Å². The van der Waals surface area contributed by atoms with Gasteiger partial charge in [0, 0.05) is 5.56 Å². The highest BCUT2D eigenvalue weighted by molar-refractivity contribution is 5.89. The molecule has 0 aliphatic carbocycles. The van der Waals surface area contributed by atoms with Crippen molar-refractivity contribution in [2.45, 2.75) is 20.0 Å². The van der Waals surface area contributed by atoms with Crippen molar-refractivity contribution < 1.29 is 22.8 Å². The summed E-state index contributed by atoms with van der Waals surface area (Å²) in [5, 5.41) is 3.80. The summed E-state index contributed by atoms with van der Waals surface area (Å²) in [4.78, 5) is 15.9. The second-order valence-corrected chi connectivity index (χ2v) is 5.23. The normalized spacial score (nSPS) is 10.7. The van der Waals surface area contributed by atoms with Crippen LogP contribution >= 0.6 is 0 Å². The molecule has 0 aliphatic heterocycles. The number of carbonyl (C=O) groups is 1. The number of aromatic nitrogens is 2. The lowest BCUT2D eigenvalue weighted by atomic mass is 10.1. The molecule has 0 amide bonds. The van der Waals surface area contributed by atoms with E-state index in [0.717, 1.165) is 30.2 Å². The molecule has 3 aromatic rings. The summed E-state index contributed by atoms with van der Waals surface area (Å²) in [5.41, 5.74) is 1.17. The lowest BCUT2D eigenvalue weighted by molar-refractivity contribution is 0.0418. The van der Waals surface area contributed by atoms with Crippen molar-refractivity contribution >= 4 is 5.97 Å². The van der Waals surface area contributed by atoms with Crippen LogP contribution in [0.2, 0.25) is 0 Å². The van der Waals surface area contributed by atoms with E-state index in [2.05, 4.69) is 10.1 Å². The summed E-state index contributed by atoms with van der Waals surface area (Å²) >= 11 is 0. The molecular formula is C18H14F2N2O3. The van der Waals surface area contributed by atoms with Crippen LogP contribution in [-0.4, -0.2) is 16.1 Å². The van der Waals surface area contributed by atoms with Gasteiger partial charge in [0.25, 0.3) is 5.89 Å². The second kappa shape index (κ2) is 7.21. The molecule has 0 unspecified atom stereocenters. The molecule has 1 aromatic heterocycles. The van der Waals surface area contributed by atoms with E-state index >= 15 is 0 Å². The molecule has 0 fully saturated rings. The van der Waals surface area contributed by atoms with Gasteiger partial charge in [-0.15, -0.1) is 0 Å². The maximum atomic E-state index is 13.5. The molecule has 7 heteroatoms. The second-order valence-electron chi connectivity index (χ2n) is 5.23. The van der Waals surface area contributed by atoms with E-state index in [1.54, 1.807) is 0 Å². The minimum absolute atomic E-state index is 0.0275. The van der Waals surface area contributed by atoms with E-state index in [-0.39, 0.29) is 12.5 Å². The summed E-state index contributed by atoms with van der Waals surface area (Å²) in [6.45, 7) is 1.67. The molecule has 0 aliphatic rings. The van der Waals surface area contributed by atoms with Crippen LogP contribution in [-0.2, 0) is 17.8 Å². The predicted molar refractivity (Wildman–Crippen MR) is 84.6 cm³/mol. The van der Waals surface area contributed by atoms with Crippen molar-refractivity contribution in [2.75, 3.05) is 0 Å². The smallest absolute Gasteiger partial charge is 0.344 e. The Labute approximate surface area is 142 Å². The number of carbonyl (C=O) groups excluding carboxylic acids is 1. The average Bonchev–Trinajstić information content (AvgIpc) is 3.09. The average molecular weight is 344 g/mol. The molecule has 25 heavy (non-hydrogen) atoms. The predicted octanol–water partition coefficient (Wildman–Crippen LogP) is 3.93. The molecule has 5 nitrogen and oxygen atoms in total. The Balaban J connectivity index is 1.68. The summed E-state index contributed by atoms with van der Waals surface area (Å²) in [6.07, 6.45) is 0.917. The van der Waals surface area contributed by atoms with Gasteiger partial charge in [-0.2, -0.15) is 4.98 Å². The van der Waals surface area contributed by atoms with Gasteiger partial charge in [0.1, 0.15) is 17.2 Å². The monoisotopic (exact) mass is 344 g/mol. The summed E-state index contributed by atoms with van der Waals surface area (Å²) in [6, 6.07) is 10.7. The first-order chi connectivity index (χ1) is 12.1. The summed E-state index contributed by atoms with van der Waals surface area (Å²) in [5.74, 6) is -2.76. The van der Waals surface area contributed by atoms with Crippen molar-refractivity contribution in [3.05, 3.63) is 71.1 Å². The quantitative estimate of drug-likeness (QED) is 0.656. The summed E-state index contributed by atoms with van der Waals surface area (Å²) in [7, 11) is 0. The molecule has 0 radical (unpaired) electrons. The number of aryl methyl sites for hydroxylation is 1. The van der Waals surface area contributed by atoms with Gasteiger partial charge in [0.05, 0.1) is 0 Å². The van der Waals surface area contributed by atoms with E-state index in [9.17, 15) is 13.6 Å². The van der Waals surface area contributed by atoms with Gasteiger partial charge >= 0.3 is 5.97 Å². The van der Waals surface area contributed by atoms with Crippen LogP contribution in [0.4, 0.5) is 8.78 Å². The summed E-state index contributed by atoms with van der Waals surface area (Å²) < 4.78 is 36.9. The fourth-order valence-corrected chi connectivity index (χ4v) is 2.21. The van der Waals surface area contributed by atoms with Crippen LogP contribution in [0.15, 0.2) is 47.0 Å². The van der Waals surface area contributed by atoms with E-state index in [0.29, 0.717) is 5.82 Å². The Morgan fingerprint density at radius 3 is 2.44 bits per heavy atom. The zero-order valence-electron chi connectivity index (χ0n) is 13.3. The third-order valence-corrected chi connectivity index (χ3v) is 3.58. The number of rotatable bonds is 5. The lowest BCUT2D eigenvalue weighted by Crippen LogP contribution is -2.10. The van der Waals surface area contributed by atoms with Crippen molar-refractivity contribution in [3.63, 3.8) is 0 Å². The molecule has 0 N–H and O–H groups in total. The Hall–Kier alpha value is -3.09. The Kier molecular flexibility index (Phi) is 4.83. The highest BCUT2D eigenvalue weighted by Crippen LogP contribution is 2.18. The molecule has 0 atom stereocenters. The van der Waals surface area contributed by atoms with Crippen molar-refractivity contribution in [1.29, 1.82) is 0 Å². The third kappa shape index (κ3) is 3.71. The minimum Gasteiger partial charge on any atom is -0.452 e. The maximum absolute atomic E-state index is 13.5. The van der Waals surface area contributed by atoms with Crippen molar-refractivity contribution in [1.82, 2.24) is 10.1 Å². The highest BCUT2D eigenvalue weighted by Gasteiger charge is 2.19.